The highest BCUT2D eigenvalue weighted by Gasteiger charge is 2.18. The van der Waals surface area contributed by atoms with Crippen LogP contribution in [0.25, 0.3) is 99.5 Å². The van der Waals surface area contributed by atoms with Gasteiger partial charge in [-0.1, -0.05) is 158 Å². The van der Waals surface area contributed by atoms with Crippen molar-refractivity contribution in [2.45, 2.75) is 0 Å². The molecule has 2 heteroatoms. The van der Waals surface area contributed by atoms with Gasteiger partial charge in [0.1, 0.15) is 0 Å². The van der Waals surface area contributed by atoms with E-state index in [0.717, 1.165) is 5.69 Å². The molecule has 9 aromatic carbocycles. The average molecular weight is 713 g/mol. The summed E-state index contributed by atoms with van der Waals surface area (Å²) >= 11 is 0. The Hall–Kier alpha value is -7.42. The summed E-state index contributed by atoms with van der Waals surface area (Å²) in [7, 11) is 0. The van der Waals surface area contributed by atoms with Crippen molar-refractivity contribution in [1.29, 1.82) is 0 Å². The van der Waals surface area contributed by atoms with Gasteiger partial charge in [0.15, 0.2) is 0 Å². The zero-order chi connectivity index (χ0) is 37.0. The lowest BCUT2D eigenvalue weighted by molar-refractivity contribution is 1.18. The van der Waals surface area contributed by atoms with Crippen molar-refractivity contribution in [3.63, 3.8) is 0 Å². The predicted octanol–water partition coefficient (Wildman–Crippen LogP) is 14.5. The monoisotopic (exact) mass is 712 g/mol. The van der Waals surface area contributed by atoms with Crippen LogP contribution >= 0.6 is 0 Å². The van der Waals surface area contributed by atoms with Gasteiger partial charge in [0, 0.05) is 32.9 Å². The zero-order valence-electron chi connectivity index (χ0n) is 30.7. The molecular formula is C54H36N2. The van der Waals surface area contributed by atoms with Crippen LogP contribution in [0.15, 0.2) is 218 Å². The van der Waals surface area contributed by atoms with E-state index in [0.29, 0.717) is 0 Å². The average Bonchev–Trinajstić information content (AvgIpc) is 3.79. The second kappa shape index (κ2) is 13.2. The summed E-state index contributed by atoms with van der Waals surface area (Å²) in [6.07, 6.45) is 0. The quantitative estimate of drug-likeness (QED) is 0.162. The number of fused-ring (bicyclic) bond motifs is 6. The van der Waals surface area contributed by atoms with E-state index in [-0.39, 0.29) is 0 Å². The Balaban J connectivity index is 1.05. The molecule has 11 aromatic rings. The van der Waals surface area contributed by atoms with Crippen molar-refractivity contribution in [3.8, 4) is 55.9 Å². The van der Waals surface area contributed by atoms with E-state index < -0.39 is 0 Å². The van der Waals surface area contributed by atoms with Crippen LogP contribution in [0.3, 0.4) is 0 Å². The molecule has 2 aromatic heterocycles. The van der Waals surface area contributed by atoms with Crippen molar-refractivity contribution < 1.29 is 0 Å². The highest BCUT2D eigenvalue weighted by Crippen LogP contribution is 2.42. The first-order chi connectivity index (χ1) is 27.8. The Morgan fingerprint density at radius 2 is 0.625 bits per heavy atom. The molecule has 0 spiro atoms. The van der Waals surface area contributed by atoms with Gasteiger partial charge in [-0.2, -0.15) is 0 Å². The Labute approximate surface area is 325 Å². The number of aromatic nitrogens is 2. The number of benzene rings is 9. The first kappa shape index (κ1) is 32.0. The normalized spacial score (nSPS) is 11.6. The molecular weight excluding hydrogens is 677 g/mol. The van der Waals surface area contributed by atoms with Gasteiger partial charge in [-0.3, -0.25) is 0 Å². The third kappa shape index (κ3) is 5.19. The molecule has 56 heavy (non-hydrogen) atoms. The van der Waals surface area contributed by atoms with Crippen LogP contribution in [-0.2, 0) is 0 Å². The first-order valence-electron chi connectivity index (χ1n) is 19.3. The second-order valence-corrected chi connectivity index (χ2v) is 14.5. The number of para-hydroxylation sites is 3. The van der Waals surface area contributed by atoms with Crippen molar-refractivity contribution in [3.05, 3.63) is 218 Å². The van der Waals surface area contributed by atoms with Gasteiger partial charge in [-0.05, 0) is 105 Å². The minimum atomic E-state index is 1.16. The van der Waals surface area contributed by atoms with E-state index >= 15 is 0 Å². The fraction of sp³-hybridized carbons (Fsp3) is 0. The lowest BCUT2D eigenvalue weighted by Crippen LogP contribution is -1.94. The maximum absolute atomic E-state index is 2.41. The Morgan fingerprint density at radius 1 is 0.214 bits per heavy atom. The topological polar surface area (TPSA) is 9.86 Å². The van der Waals surface area contributed by atoms with Gasteiger partial charge in [0.05, 0.1) is 22.1 Å². The smallest absolute Gasteiger partial charge is 0.0541 e. The maximum Gasteiger partial charge on any atom is 0.0541 e. The molecule has 0 unspecified atom stereocenters. The summed E-state index contributed by atoms with van der Waals surface area (Å²) in [5, 5.41) is 4.99. The SMILES string of the molecule is c1ccc(-c2cccc(-n3c4ccccc4c4cc(-c5ccccc5-c5ccccc5-c5ccc6c(c5)c5ccccc5n6-c5ccccc5)ccc43)c2)cc1. The number of hydrogen-bond acceptors (Lipinski definition) is 0. The standard InChI is InChI=1S/C54H36N2/c1-3-16-37(17-4-1)38-18-15-21-42(34-38)56-52-29-14-12-27-48(52)50-36-40(31-33-54(50)56)44-23-8-10-25-46(44)45-24-9-7-22-43(45)39-30-32-53-49(35-39)47-26-11-13-28-51(47)55(53)41-19-5-2-6-20-41/h1-36H. The Kier molecular flexibility index (Phi) is 7.53. The van der Waals surface area contributed by atoms with Crippen molar-refractivity contribution in [2.24, 2.45) is 0 Å². The van der Waals surface area contributed by atoms with Crippen LogP contribution in [0.1, 0.15) is 0 Å². The lowest BCUT2D eigenvalue weighted by Gasteiger charge is -2.15. The largest absolute Gasteiger partial charge is 0.309 e. The fourth-order valence-corrected chi connectivity index (χ4v) is 8.81. The molecule has 0 radical (unpaired) electrons. The summed E-state index contributed by atoms with van der Waals surface area (Å²) < 4.78 is 4.79. The summed E-state index contributed by atoms with van der Waals surface area (Å²) in [5.41, 5.74) is 16.8. The van der Waals surface area contributed by atoms with E-state index in [4.69, 9.17) is 0 Å². The molecule has 0 saturated heterocycles. The number of nitrogens with zero attached hydrogens (tertiary/aromatic N) is 2. The van der Waals surface area contributed by atoms with Crippen LogP contribution in [0.4, 0.5) is 0 Å². The molecule has 11 rings (SSSR count). The Bertz CT molecular complexity index is 3240. The van der Waals surface area contributed by atoms with Gasteiger partial charge < -0.3 is 9.13 Å². The van der Waals surface area contributed by atoms with Crippen molar-refractivity contribution in [1.82, 2.24) is 9.13 Å². The summed E-state index contributed by atoms with van der Waals surface area (Å²) in [6.45, 7) is 0. The molecule has 0 aliphatic rings. The molecule has 0 saturated carbocycles. The molecule has 0 fully saturated rings. The van der Waals surface area contributed by atoms with Crippen molar-refractivity contribution in [2.75, 3.05) is 0 Å². The highest BCUT2D eigenvalue weighted by atomic mass is 15.0. The molecule has 262 valence electrons. The van der Waals surface area contributed by atoms with Crippen LogP contribution in [0, 0.1) is 0 Å². The minimum absolute atomic E-state index is 1.16. The van der Waals surface area contributed by atoms with Crippen LogP contribution < -0.4 is 0 Å². The Morgan fingerprint density at radius 3 is 1.20 bits per heavy atom. The van der Waals surface area contributed by atoms with E-state index in [1.165, 1.54) is 93.8 Å². The van der Waals surface area contributed by atoms with Gasteiger partial charge in [0.25, 0.3) is 0 Å². The third-order valence-corrected chi connectivity index (χ3v) is 11.3. The molecule has 0 N–H and O–H groups in total. The summed E-state index contributed by atoms with van der Waals surface area (Å²) in [5.74, 6) is 0. The summed E-state index contributed by atoms with van der Waals surface area (Å²) in [4.78, 5) is 0. The van der Waals surface area contributed by atoms with Gasteiger partial charge in [-0.15, -0.1) is 0 Å². The predicted molar refractivity (Wildman–Crippen MR) is 237 cm³/mol. The van der Waals surface area contributed by atoms with E-state index in [9.17, 15) is 0 Å². The zero-order valence-corrected chi connectivity index (χ0v) is 30.7. The maximum atomic E-state index is 2.41. The van der Waals surface area contributed by atoms with Crippen molar-refractivity contribution >= 4 is 43.6 Å². The van der Waals surface area contributed by atoms with Crippen LogP contribution in [0.5, 0.6) is 0 Å². The van der Waals surface area contributed by atoms with Crippen LogP contribution in [0.2, 0.25) is 0 Å². The molecule has 0 atom stereocenters. The molecule has 0 bridgehead atoms. The van der Waals surface area contributed by atoms with Gasteiger partial charge in [0.2, 0.25) is 0 Å². The number of rotatable bonds is 6. The molecule has 0 amide bonds. The minimum Gasteiger partial charge on any atom is -0.309 e. The summed E-state index contributed by atoms with van der Waals surface area (Å²) in [6, 6.07) is 79.4. The molecule has 2 heterocycles. The van der Waals surface area contributed by atoms with E-state index in [2.05, 4.69) is 228 Å². The molecule has 2 nitrogen and oxygen atoms in total. The van der Waals surface area contributed by atoms with Crippen LogP contribution in [-0.4, -0.2) is 9.13 Å². The third-order valence-electron chi connectivity index (χ3n) is 11.3. The van der Waals surface area contributed by atoms with E-state index in [1.54, 1.807) is 0 Å². The van der Waals surface area contributed by atoms with E-state index in [1.807, 2.05) is 0 Å². The number of hydrogen-bond donors (Lipinski definition) is 0. The molecule has 0 aliphatic heterocycles. The second-order valence-electron chi connectivity index (χ2n) is 14.5. The molecule has 0 aliphatic carbocycles. The van der Waals surface area contributed by atoms with Gasteiger partial charge in [-0.25, -0.2) is 0 Å². The lowest BCUT2D eigenvalue weighted by atomic mass is 9.89. The van der Waals surface area contributed by atoms with Gasteiger partial charge >= 0.3 is 0 Å². The highest BCUT2D eigenvalue weighted by molar-refractivity contribution is 6.12. The fourth-order valence-electron chi connectivity index (χ4n) is 8.81. The first-order valence-corrected chi connectivity index (χ1v) is 19.3.